The molecule has 1 unspecified atom stereocenters. The van der Waals surface area contributed by atoms with E-state index in [-0.39, 0.29) is 0 Å². The van der Waals surface area contributed by atoms with Gasteiger partial charge in [0.2, 0.25) is 0 Å². The van der Waals surface area contributed by atoms with Crippen LogP contribution in [0.4, 0.5) is 0 Å². The second-order valence-corrected chi connectivity index (χ2v) is 5.08. The molecule has 0 fully saturated rings. The van der Waals surface area contributed by atoms with Crippen molar-refractivity contribution in [2.45, 2.75) is 32.2 Å². The molecule has 0 heterocycles. The van der Waals surface area contributed by atoms with Gasteiger partial charge in [-0.2, -0.15) is 0 Å². The van der Waals surface area contributed by atoms with Crippen LogP contribution in [0.5, 0.6) is 0 Å². The molecule has 100 valence electrons. The molecule has 2 nitrogen and oxygen atoms in total. The van der Waals surface area contributed by atoms with Crippen LogP contribution in [-0.4, -0.2) is 6.04 Å². The van der Waals surface area contributed by atoms with Crippen LogP contribution in [0.1, 0.15) is 23.1 Å². The van der Waals surface area contributed by atoms with Gasteiger partial charge >= 0.3 is 0 Å². The molecule has 19 heavy (non-hydrogen) atoms. The summed E-state index contributed by atoms with van der Waals surface area (Å²) >= 11 is 0. The van der Waals surface area contributed by atoms with E-state index in [1.165, 1.54) is 16.7 Å². The first-order valence-electron chi connectivity index (χ1n) is 6.83. The average molecular weight is 254 g/mol. The molecule has 0 saturated carbocycles. The second kappa shape index (κ2) is 7.07. The lowest BCUT2D eigenvalue weighted by Gasteiger charge is -2.16. The number of hydrazine groups is 1. The van der Waals surface area contributed by atoms with E-state index < -0.39 is 0 Å². The Labute approximate surface area is 115 Å². The van der Waals surface area contributed by atoms with Gasteiger partial charge in [-0.1, -0.05) is 60.2 Å². The lowest BCUT2D eigenvalue weighted by atomic mass is 9.99. The number of hydrogen-bond acceptors (Lipinski definition) is 2. The third kappa shape index (κ3) is 4.51. The van der Waals surface area contributed by atoms with E-state index in [2.05, 4.69) is 60.9 Å². The summed E-state index contributed by atoms with van der Waals surface area (Å²) in [5.41, 5.74) is 6.94. The monoisotopic (exact) mass is 254 g/mol. The van der Waals surface area contributed by atoms with Gasteiger partial charge in [0.15, 0.2) is 0 Å². The van der Waals surface area contributed by atoms with Crippen LogP contribution in [0.2, 0.25) is 0 Å². The van der Waals surface area contributed by atoms with Crippen molar-refractivity contribution in [1.82, 2.24) is 5.43 Å². The topological polar surface area (TPSA) is 38.0 Å². The molecule has 1 atom stereocenters. The predicted octanol–water partition coefficient (Wildman–Crippen LogP) is 3.00. The normalized spacial score (nSPS) is 12.3. The molecule has 2 aromatic rings. The minimum atomic E-state index is 0.323. The summed E-state index contributed by atoms with van der Waals surface area (Å²) in [6.07, 6.45) is 3.08. The van der Waals surface area contributed by atoms with Crippen molar-refractivity contribution in [2.24, 2.45) is 5.84 Å². The summed E-state index contributed by atoms with van der Waals surface area (Å²) in [6, 6.07) is 19.5. The Bertz CT molecular complexity index is 476. The van der Waals surface area contributed by atoms with Crippen molar-refractivity contribution in [3.05, 3.63) is 71.3 Å². The molecule has 0 aromatic heterocycles. The molecule has 0 aliphatic rings. The highest BCUT2D eigenvalue weighted by molar-refractivity contribution is 5.21. The van der Waals surface area contributed by atoms with E-state index in [1.54, 1.807) is 0 Å². The highest BCUT2D eigenvalue weighted by Crippen LogP contribution is 2.10. The predicted molar refractivity (Wildman–Crippen MR) is 80.8 cm³/mol. The van der Waals surface area contributed by atoms with Gasteiger partial charge in [-0.05, 0) is 37.3 Å². The maximum Gasteiger partial charge on any atom is 0.0254 e. The van der Waals surface area contributed by atoms with Crippen molar-refractivity contribution in [3.8, 4) is 0 Å². The van der Waals surface area contributed by atoms with E-state index in [1.807, 2.05) is 6.07 Å². The molecule has 3 N–H and O–H groups in total. The molecular formula is C17H22N2. The third-order valence-electron chi connectivity index (χ3n) is 3.46. The molecule has 2 rings (SSSR count). The molecular weight excluding hydrogens is 232 g/mol. The van der Waals surface area contributed by atoms with Crippen LogP contribution in [-0.2, 0) is 12.8 Å². The second-order valence-electron chi connectivity index (χ2n) is 5.08. The number of aryl methyl sites for hydroxylation is 2. The smallest absolute Gasteiger partial charge is 0.0254 e. The van der Waals surface area contributed by atoms with E-state index >= 15 is 0 Å². The zero-order valence-corrected chi connectivity index (χ0v) is 11.5. The summed E-state index contributed by atoms with van der Waals surface area (Å²) in [5, 5.41) is 0. The van der Waals surface area contributed by atoms with Gasteiger partial charge in [0.05, 0.1) is 0 Å². The van der Waals surface area contributed by atoms with Crippen LogP contribution in [0, 0.1) is 6.92 Å². The van der Waals surface area contributed by atoms with Crippen LogP contribution in [0.25, 0.3) is 0 Å². The van der Waals surface area contributed by atoms with Crippen LogP contribution >= 0.6 is 0 Å². The Morgan fingerprint density at radius 2 is 1.63 bits per heavy atom. The number of nitrogens with two attached hydrogens (primary N) is 1. The minimum Gasteiger partial charge on any atom is -0.271 e. The molecule has 0 aliphatic heterocycles. The van der Waals surface area contributed by atoms with Gasteiger partial charge in [-0.3, -0.25) is 11.3 Å². The van der Waals surface area contributed by atoms with E-state index in [0.717, 1.165) is 19.3 Å². The lowest BCUT2D eigenvalue weighted by molar-refractivity contribution is 0.491. The molecule has 2 aromatic carbocycles. The number of rotatable bonds is 6. The number of hydrogen-bond donors (Lipinski definition) is 2. The molecule has 0 aliphatic carbocycles. The molecule has 0 amide bonds. The van der Waals surface area contributed by atoms with Crippen molar-refractivity contribution in [2.75, 3.05) is 0 Å². The fourth-order valence-corrected chi connectivity index (χ4v) is 2.24. The van der Waals surface area contributed by atoms with Gasteiger partial charge in [0.1, 0.15) is 0 Å². The largest absolute Gasteiger partial charge is 0.271 e. The fraction of sp³-hybridized carbons (Fsp3) is 0.294. The summed E-state index contributed by atoms with van der Waals surface area (Å²) in [7, 11) is 0. The van der Waals surface area contributed by atoms with Crippen molar-refractivity contribution in [3.63, 3.8) is 0 Å². The fourth-order valence-electron chi connectivity index (χ4n) is 2.24. The van der Waals surface area contributed by atoms with Gasteiger partial charge < -0.3 is 0 Å². The van der Waals surface area contributed by atoms with Crippen LogP contribution in [0.3, 0.4) is 0 Å². The summed E-state index contributed by atoms with van der Waals surface area (Å²) < 4.78 is 0. The van der Waals surface area contributed by atoms with Crippen LogP contribution in [0.15, 0.2) is 54.6 Å². The standard InChI is InChI=1S/C17H22N2/c1-14-7-9-15(10-8-14)11-12-17(19-18)13-16-5-3-2-4-6-16/h2-10,17,19H,11-13,18H2,1H3. The maximum atomic E-state index is 5.66. The molecule has 0 spiro atoms. The Morgan fingerprint density at radius 3 is 2.26 bits per heavy atom. The SMILES string of the molecule is Cc1ccc(CCC(Cc2ccccc2)NN)cc1. The van der Waals surface area contributed by atoms with E-state index in [9.17, 15) is 0 Å². The van der Waals surface area contributed by atoms with Gasteiger partial charge in [-0.25, -0.2) is 0 Å². The van der Waals surface area contributed by atoms with Gasteiger partial charge in [0, 0.05) is 6.04 Å². The van der Waals surface area contributed by atoms with E-state index in [4.69, 9.17) is 5.84 Å². The van der Waals surface area contributed by atoms with Crippen LogP contribution < -0.4 is 11.3 Å². The Hall–Kier alpha value is -1.64. The van der Waals surface area contributed by atoms with Crippen molar-refractivity contribution < 1.29 is 0 Å². The van der Waals surface area contributed by atoms with E-state index in [0.29, 0.717) is 6.04 Å². The summed E-state index contributed by atoms with van der Waals surface area (Å²) in [6.45, 7) is 2.11. The summed E-state index contributed by atoms with van der Waals surface area (Å²) in [5.74, 6) is 5.66. The number of nitrogens with one attached hydrogen (secondary N) is 1. The minimum absolute atomic E-state index is 0.323. The first kappa shape index (κ1) is 13.8. The zero-order chi connectivity index (χ0) is 13.5. The Kier molecular flexibility index (Phi) is 5.13. The van der Waals surface area contributed by atoms with Crippen molar-refractivity contribution in [1.29, 1.82) is 0 Å². The number of benzene rings is 2. The van der Waals surface area contributed by atoms with Gasteiger partial charge in [-0.15, -0.1) is 0 Å². The molecule has 0 bridgehead atoms. The molecule has 2 heteroatoms. The zero-order valence-electron chi connectivity index (χ0n) is 11.5. The summed E-state index contributed by atoms with van der Waals surface area (Å²) in [4.78, 5) is 0. The molecule has 0 radical (unpaired) electrons. The Morgan fingerprint density at radius 1 is 0.947 bits per heavy atom. The lowest BCUT2D eigenvalue weighted by Crippen LogP contribution is -2.37. The van der Waals surface area contributed by atoms with Gasteiger partial charge in [0.25, 0.3) is 0 Å². The highest BCUT2D eigenvalue weighted by Gasteiger charge is 2.07. The maximum absolute atomic E-state index is 5.66. The third-order valence-corrected chi connectivity index (χ3v) is 3.46. The average Bonchev–Trinajstić information content (AvgIpc) is 2.46. The first-order chi connectivity index (χ1) is 9.28. The quantitative estimate of drug-likeness (QED) is 0.614. The molecule has 0 saturated heterocycles. The highest BCUT2D eigenvalue weighted by atomic mass is 15.2. The first-order valence-corrected chi connectivity index (χ1v) is 6.83. The van der Waals surface area contributed by atoms with Crippen molar-refractivity contribution >= 4 is 0 Å². The Balaban J connectivity index is 1.87.